The van der Waals surface area contributed by atoms with E-state index < -0.39 is 0 Å². The van der Waals surface area contributed by atoms with Crippen molar-refractivity contribution in [3.05, 3.63) is 28.2 Å². The molecule has 0 aliphatic heterocycles. The van der Waals surface area contributed by atoms with E-state index in [2.05, 4.69) is 10.4 Å². The Bertz CT molecular complexity index is 430. The summed E-state index contributed by atoms with van der Waals surface area (Å²) in [5.74, 6) is -0.367. The molecule has 0 saturated heterocycles. The van der Waals surface area contributed by atoms with Crippen molar-refractivity contribution in [1.29, 1.82) is 0 Å². The third-order valence-electron chi connectivity index (χ3n) is 1.96. The van der Waals surface area contributed by atoms with Crippen molar-refractivity contribution in [1.82, 2.24) is 15.1 Å². The predicted molar refractivity (Wildman–Crippen MR) is 59.7 cm³/mol. The van der Waals surface area contributed by atoms with E-state index in [1.54, 1.807) is 0 Å². The first kappa shape index (κ1) is 13.3. The molecule has 0 spiro atoms. The molecule has 7 heteroatoms. The van der Waals surface area contributed by atoms with Gasteiger partial charge in [0.1, 0.15) is 5.69 Å². The van der Waals surface area contributed by atoms with Gasteiger partial charge < -0.3 is 15.2 Å². The summed E-state index contributed by atoms with van der Waals surface area (Å²) in [4.78, 5) is 22.6. The lowest BCUT2D eigenvalue weighted by Gasteiger charge is -2.05. The van der Waals surface area contributed by atoms with E-state index in [9.17, 15) is 9.59 Å². The number of hydrogen-bond donors (Lipinski definition) is 2. The maximum Gasteiger partial charge on any atom is 0.271 e. The molecule has 0 aliphatic rings. The lowest BCUT2D eigenvalue weighted by atomic mass is 10.3. The molecule has 1 aromatic rings. The smallest absolute Gasteiger partial charge is 0.271 e. The molecule has 0 fully saturated rings. The Balaban J connectivity index is 2.42. The third kappa shape index (κ3) is 4.33. The minimum Gasteiger partial charge on any atom is -0.394 e. The summed E-state index contributed by atoms with van der Waals surface area (Å²) in [6.07, 6.45) is 0. The highest BCUT2D eigenvalue weighted by Crippen LogP contribution is 1.89. The normalized spacial score (nSPS) is 10.2. The number of aliphatic hydroxyl groups excluding tert-OH is 1. The molecule has 7 nitrogen and oxygen atoms in total. The van der Waals surface area contributed by atoms with Crippen LogP contribution in [0.25, 0.3) is 0 Å². The van der Waals surface area contributed by atoms with Crippen molar-refractivity contribution in [2.45, 2.75) is 0 Å². The SMILES string of the molecule is Cn1nc(C(=O)NCCOCCO)ccc1=O. The second-order valence-electron chi connectivity index (χ2n) is 3.27. The molecule has 0 atom stereocenters. The molecular formula is C10H15N3O4. The Kier molecular flexibility index (Phi) is 5.31. The highest BCUT2D eigenvalue weighted by Gasteiger charge is 2.07. The maximum atomic E-state index is 11.5. The van der Waals surface area contributed by atoms with Gasteiger partial charge in [0.05, 0.1) is 19.8 Å². The lowest BCUT2D eigenvalue weighted by molar-refractivity contribution is 0.0834. The molecule has 0 radical (unpaired) electrons. The summed E-state index contributed by atoms with van der Waals surface area (Å²) in [5, 5.41) is 14.8. The summed E-state index contributed by atoms with van der Waals surface area (Å²) in [6.45, 7) is 0.839. The summed E-state index contributed by atoms with van der Waals surface area (Å²) in [7, 11) is 1.48. The first-order chi connectivity index (χ1) is 8.15. The maximum absolute atomic E-state index is 11.5. The molecule has 1 rings (SSSR count). The van der Waals surface area contributed by atoms with Crippen LogP contribution in [0.1, 0.15) is 10.5 Å². The van der Waals surface area contributed by atoms with Crippen LogP contribution in [0.15, 0.2) is 16.9 Å². The number of aryl methyl sites for hydroxylation is 1. The van der Waals surface area contributed by atoms with Gasteiger partial charge in [-0.05, 0) is 6.07 Å². The molecule has 1 heterocycles. The Morgan fingerprint density at radius 1 is 1.53 bits per heavy atom. The van der Waals surface area contributed by atoms with E-state index in [0.29, 0.717) is 13.2 Å². The highest BCUT2D eigenvalue weighted by molar-refractivity contribution is 5.91. The van der Waals surface area contributed by atoms with E-state index in [1.807, 2.05) is 0 Å². The van der Waals surface area contributed by atoms with Crippen LogP contribution in [0.5, 0.6) is 0 Å². The minimum absolute atomic E-state index is 0.0453. The van der Waals surface area contributed by atoms with Crippen molar-refractivity contribution in [2.24, 2.45) is 7.05 Å². The Hall–Kier alpha value is -1.73. The van der Waals surface area contributed by atoms with Gasteiger partial charge >= 0.3 is 0 Å². The van der Waals surface area contributed by atoms with Gasteiger partial charge in [-0.1, -0.05) is 0 Å². The fraction of sp³-hybridized carbons (Fsp3) is 0.500. The van der Waals surface area contributed by atoms with E-state index in [4.69, 9.17) is 9.84 Å². The van der Waals surface area contributed by atoms with Crippen molar-refractivity contribution in [3.8, 4) is 0 Å². The van der Waals surface area contributed by atoms with Crippen molar-refractivity contribution in [3.63, 3.8) is 0 Å². The van der Waals surface area contributed by atoms with Gasteiger partial charge in [0.25, 0.3) is 11.5 Å². The molecule has 94 valence electrons. The Labute approximate surface area is 98.0 Å². The molecule has 0 aromatic carbocycles. The Morgan fingerprint density at radius 2 is 2.29 bits per heavy atom. The molecule has 2 N–H and O–H groups in total. The van der Waals surface area contributed by atoms with Crippen LogP contribution in [-0.2, 0) is 11.8 Å². The summed E-state index contributed by atoms with van der Waals surface area (Å²) in [6, 6.07) is 2.65. The van der Waals surface area contributed by atoms with Gasteiger partial charge in [0, 0.05) is 19.7 Å². The van der Waals surface area contributed by atoms with Crippen LogP contribution in [0.3, 0.4) is 0 Å². The standard InChI is InChI=1S/C10H15N3O4/c1-13-9(15)3-2-8(12-13)10(16)11-4-6-17-7-5-14/h2-3,14H,4-7H2,1H3,(H,11,16). The molecule has 0 aliphatic carbocycles. The molecular weight excluding hydrogens is 226 g/mol. The van der Waals surface area contributed by atoms with Gasteiger partial charge in [0.15, 0.2) is 0 Å². The largest absolute Gasteiger partial charge is 0.394 e. The van der Waals surface area contributed by atoms with Crippen LogP contribution >= 0.6 is 0 Å². The highest BCUT2D eigenvalue weighted by atomic mass is 16.5. The fourth-order valence-corrected chi connectivity index (χ4v) is 1.12. The summed E-state index contributed by atoms with van der Waals surface area (Å²) in [5.41, 5.74) is -0.0953. The topological polar surface area (TPSA) is 93.5 Å². The number of aromatic nitrogens is 2. The lowest BCUT2D eigenvalue weighted by Crippen LogP contribution is -2.30. The first-order valence-corrected chi connectivity index (χ1v) is 5.16. The number of ether oxygens (including phenoxy) is 1. The average molecular weight is 241 g/mol. The van der Waals surface area contributed by atoms with Gasteiger partial charge in [-0.25, -0.2) is 4.68 Å². The van der Waals surface area contributed by atoms with Crippen LogP contribution < -0.4 is 10.9 Å². The number of carbonyl (C=O) groups is 1. The van der Waals surface area contributed by atoms with Crippen LogP contribution in [0, 0.1) is 0 Å². The molecule has 1 aromatic heterocycles. The number of nitrogens with one attached hydrogen (secondary N) is 1. The second kappa shape index (κ2) is 6.77. The number of nitrogens with zero attached hydrogens (tertiary/aromatic N) is 2. The van der Waals surface area contributed by atoms with Crippen molar-refractivity contribution in [2.75, 3.05) is 26.4 Å². The zero-order valence-electron chi connectivity index (χ0n) is 9.55. The average Bonchev–Trinajstić information content (AvgIpc) is 2.32. The van der Waals surface area contributed by atoms with Crippen molar-refractivity contribution < 1.29 is 14.6 Å². The fourth-order valence-electron chi connectivity index (χ4n) is 1.12. The van der Waals surface area contributed by atoms with Crippen LogP contribution in [-0.4, -0.2) is 47.2 Å². The van der Waals surface area contributed by atoms with Gasteiger partial charge in [-0.2, -0.15) is 5.10 Å². The van der Waals surface area contributed by atoms with E-state index in [-0.39, 0.29) is 30.4 Å². The monoisotopic (exact) mass is 241 g/mol. The minimum atomic E-state index is -0.367. The Morgan fingerprint density at radius 3 is 2.94 bits per heavy atom. The predicted octanol–water partition coefficient (Wildman–Crippen LogP) is -1.48. The van der Waals surface area contributed by atoms with Gasteiger partial charge in [-0.3, -0.25) is 9.59 Å². The summed E-state index contributed by atoms with van der Waals surface area (Å²) >= 11 is 0. The molecule has 0 bridgehead atoms. The molecule has 1 amide bonds. The number of hydrogen-bond acceptors (Lipinski definition) is 5. The zero-order valence-corrected chi connectivity index (χ0v) is 9.55. The summed E-state index contributed by atoms with van der Waals surface area (Å²) < 4.78 is 6.07. The molecule has 0 unspecified atom stereocenters. The number of carbonyl (C=O) groups excluding carboxylic acids is 1. The number of rotatable bonds is 6. The second-order valence-corrected chi connectivity index (χ2v) is 3.27. The van der Waals surface area contributed by atoms with Crippen molar-refractivity contribution >= 4 is 5.91 Å². The first-order valence-electron chi connectivity index (χ1n) is 5.16. The molecule has 0 saturated carbocycles. The van der Waals surface area contributed by atoms with Crippen LogP contribution in [0.2, 0.25) is 0 Å². The molecule has 17 heavy (non-hydrogen) atoms. The van der Waals surface area contributed by atoms with E-state index >= 15 is 0 Å². The van der Waals surface area contributed by atoms with Crippen LogP contribution in [0.4, 0.5) is 0 Å². The third-order valence-corrected chi connectivity index (χ3v) is 1.96. The zero-order chi connectivity index (χ0) is 12.7. The number of amides is 1. The van der Waals surface area contributed by atoms with Gasteiger partial charge in [0.2, 0.25) is 0 Å². The van der Waals surface area contributed by atoms with E-state index in [1.165, 1.54) is 19.2 Å². The number of aliphatic hydroxyl groups is 1. The quantitative estimate of drug-likeness (QED) is 0.592. The van der Waals surface area contributed by atoms with Gasteiger partial charge in [-0.15, -0.1) is 0 Å². The van der Waals surface area contributed by atoms with E-state index in [0.717, 1.165) is 4.68 Å².